The van der Waals surface area contributed by atoms with Gasteiger partial charge >= 0.3 is 5.97 Å². The van der Waals surface area contributed by atoms with Crippen molar-refractivity contribution < 1.29 is 34.5 Å². The fraction of sp³-hybridized carbons (Fsp3) is 0.680. The third-order valence-electron chi connectivity index (χ3n) is 7.85. The van der Waals surface area contributed by atoms with Crippen LogP contribution in [0, 0.1) is 27.4 Å². The molecule has 2 bridgehead atoms. The van der Waals surface area contributed by atoms with Crippen LogP contribution in [0.3, 0.4) is 0 Å². The number of ketones is 1. The number of rotatable bonds is 11. The highest BCUT2D eigenvalue weighted by Crippen LogP contribution is 2.64. The van der Waals surface area contributed by atoms with E-state index in [1.807, 2.05) is 0 Å². The molecule has 3 saturated carbocycles. The molecule has 0 aromatic heterocycles. The highest BCUT2D eigenvalue weighted by Gasteiger charge is 2.59. The van der Waals surface area contributed by atoms with Gasteiger partial charge in [0.25, 0.3) is 5.09 Å². The number of unbranched alkanes of at least 4 members (excludes halogenated alkanes) is 3. The van der Waals surface area contributed by atoms with Crippen LogP contribution in [-0.2, 0) is 24.6 Å². The number of aromatic hydroxyl groups is 2. The summed E-state index contributed by atoms with van der Waals surface area (Å²) in [7, 11) is 0. The average Bonchev–Trinajstić information content (AvgIpc) is 2.73. The average molecular weight is 478 g/mol. The van der Waals surface area contributed by atoms with Crippen molar-refractivity contribution in [1.82, 2.24) is 0 Å². The number of hydrogen-bond donors (Lipinski definition) is 2. The normalized spacial score (nSPS) is 23.2. The van der Waals surface area contributed by atoms with Crippen LogP contribution in [0.25, 0.3) is 0 Å². The second kappa shape index (κ2) is 9.80. The van der Waals surface area contributed by atoms with E-state index in [9.17, 15) is 29.9 Å². The molecule has 3 aliphatic rings. The van der Waals surface area contributed by atoms with E-state index in [0.29, 0.717) is 30.4 Å². The quantitative estimate of drug-likeness (QED) is 0.207. The molecule has 34 heavy (non-hydrogen) atoms. The van der Waals surface area contributed by atoms with Crippen LogP contribution in [0.2, 0.25) is 0 Å². The number of phenolic OH excluding ortho intramolecular Hbond substituents is 2. The van der Waals surface area contributed by atoms with Gasteiger partial charge in [-0.25, -0.2) is 0 Å². The summed E-state index contributed by atoms with van der Waals surface area (Å²) in [6, 6.07) is 2.99. The molecule has 2 N–H and O–H groups in total. The number of nitrogens with zero attached hydrogens (tertiary/aromatic N) is 1. The van der Waals surface area contributed by atoms with Crippen LogP contribution in [0.1, 0.15) is 83.3 Å². The summed E-state index contributed by atoms with van der Waals surface area (Å²) in [4.78, 5) is 39.6. The van der Waals surface area contributed by atoms with Crippen molar-refractivity contribution in [2.75, 3.05) is 13.2 Å². The summed E-state index contributed by atoms with van der Waals surface area (Å²) in [5.41, 5.74) is -0.435. The number of benzene rings is 1. The molecule has 0 unspecified atom stereocenters. The molecule has 3 atom stereocenters. The first kappa shape index (κ1) is 25.8. The standard InChI is InChI=1S/C25H35NO8/c1-24(2,23(30)33-9-7-5-6-8-10-34-26(31)32)15-11-20(28)22(21(29)12-15)16-13-19(27)18-14-17(16)25(18,3)4/h11-12,16-18,28-29H,5-10,13-14H2,1-4H3/t16-,17+,18+/m1/s1. The predicted molar refractivity (Wildman–Crippen MR) is 123 cm³/mol. The van der Waals surface area contributed by atoms with Gasteiger partial charge in [0.15, 0.2) is 0 Å². The van der Waals surface area contributed by atoms with Crippen molar-refractivity contribution in [2.24, 2.45) is 17.3 Å². The molecule has 4 rings (SSSR count). The van der Waals surface area contributed by atoms with E-state index in [4.69, 9.17) is 4.74 Å². The molecular formula is C25H35NO8. The Labute approximate surface area is 199 Å². The van der Waals surface area contributed by atoms with Crippen molar-refractivity contribution in [3.8, 4) is 11.5 Å². The van der Waals surface area contributed by atoms with Gasteiger partial charge in [0.1, 0.15) is 17.3 Å². The highest BCUT2D eigenvalue weighted by molar-refractivity contribution is 5.86. The minimum atomic E-state index is -1.10. The first-order valence-corrected chi connectivity index (χ1v) is 11.9. The van der Waals surface area contributed by atoms with Crippen LogP contribution >= 0.6 is 0 Å². The molecule has 3 aliphatic carbocycles. The van der Waals surface area contributed by atoms with E-state index in [1.54, 1.807) is 13.8 Å². The molecule has 0 saturated heterocycles. The van der Waals surface area contributed by atoms with E-state index < -0.39 is 16.5 Å². The molecule has 0 radical (unpaired) electrons. The SMILES string of the molecule is CC(C)(C(=O)OCCCCCCO[N+](=O)[O-])c1cc(O)c([C@@H]2CC(=O)[C@@H]3C[C@@H]2C3(C)C)c(O)c1. The first-order chi connectivity index (χ1) is 15.9. The fourth-order valence-electron chi connectivity index (χ4n) is 5.52. The summed E-state index contributed by atoms with van der Waals surface area (Å²) < 4.78 is 5.41. The van der Waals surface area contributed by atoms with E-state index in [0.717, 1.165) is 19.3 Å². The lowest BCUT2D eigenvalue weighted by atomic mass is 9.44. The molecule has 3 fully saturated rings. The van der Waals surface area contributed by atoms with Gasteiger partial charge in [0, 0.05) is 23.8 Å². The van der Waals surface area contributed by atoms with Gasteiger partial charge in [0.05, 0.1) is 18.6 Å². The zero-order chi connectivity index (χ0) is 25.3. The Hall–Kier alpha value is -2.84. The smallest absolute Gasteiger partial charge is 0.315 e. The summed E-state index contributed by atoms with van der Waals surface area (Å²) in [5.74, 6) is -0.491. The summed E-state index contributed by atoms with van der Waals surface area (Å²) in [6.07, 6.45) is 3.71. The largest absolute Gasteiger partial charge is 0.508 e. The number of phenols is 2. The van der Waals surface area contributed by atoms with Gasteiger partial charge in [-0.15, -0.1) is 10.1 Å². The Morgan fingerprint density at radius 3 is 2.26 bits per heavy atom. The molecule has 9 heteroatoms. The van der Waals surface area contributed by atoms with Crippen LogP contribution in [0.4, 0.5) is 0 Å². The van der Waals surface area contributed by atoms with Gasteiger partial charge in [-0.1, -0.05) is 20.3 Å². The van der Waals surface area contributed by atoms with Gasteiger partial charge in [-0.2, -0.15) is 0 Å². The van der Waals surface area contributed by atoms with Crippen molar-refractivity contribution in [2.45, 2.75) is 77.6 Å². The second-order valence-corrected chi connectivity index (χ2v) is 10.7. The minimum Gasteiger partial charge on any atom is -0.508 e. The Bertz CT molecular complexity index is 931. The molecule has 0 amide bonds. The summed E-state index contributed by atoms with van der Waals surface area (Å²) in [6.45, 7) is 7.73. The monoisotopic (exact) mass is 477 g/mol. The molecular weight excluding hydrogens is 442 g/mol. The summed E-state index contributed by atoms with van der Waals surface area (Å²) >= 11 is 0. The third-order valence-corrected chi connectivity index (χ3v) is 7.85. The van der Waals surface area contributed by atoms with E-state index in [-0.39, 0.29) is 53.7 Å². The Balaban J connectivity index is 1.60. The van der Waals surface area contributed by atoms with Crippen LogP contribution in [0.5, 0.6) is 11.5 Å². The number of carbonyl (C=O) groups excluding carboxylic acids is 2. The van der Waals surface area contributed by atoms with Gasteiger partial charge in [-0.05, 0) is 68.6 Å². The third kappa shape index (κ3) is 4.98. The Kier molecular flexibility index (Phi) is 7.43. The molecule has 1 aromatic rings. The van der Waals surface area contributed by atoms with Crippen LogP contribution < -0.4 is 0 Å². The molecule has 9 nitrogen and oxygen atoms in total. The topological polar surface area (TPSA) is 136 Å². The fourth-order valence-corrected chi connectivity index (χ4v) is 5.52. The van der Waals surface area contributed by atoms with Gasteiger partial charge < -0.3 is 19.8 Å². The van der Waals surface area contributed by atoms with Crippen molar-refractivity contribution in [3.05, 3.63) is 33.4 Å². The highest BCUT2D eigenvalue weighted by atomic mass is 16.9. The number of ether oxygens (including phenoxy) is 1. The van der Waals surface area contributed by atoms with E-state index >= 15 is 0 Å². The van der Waals surface area contributed by atoms with Gasteiger partial charge in [-0.3, -0.25) is 9.59 Å². The van der Waals surface area contributed by atoms with Crippen LogP contribution in [-0.4, -0.2) is 40.3 Å². The lowest BCUT2D eigenvalue weighted by molar-refractivity contribution is -0.757. The maximum Gasteiger partial charge on any atom is 0.315 e. The van der Waals surface area contributed by atoms with E-state index in [1.165, 1.54) is 12.1 Å². The minimum absolute atomic E-state index is 0.0522. The lowest BCUT2D eigenvalue weighted by Gasteiger charge is -2.59. The number of hydrogen-bond acceptors (Lipinski definition) is 8. The van der Waals surface area contributed by atoms with Crippen molar-refractivity contribution in [1.29, 1.82) is 0 Å². The number of carbonyl (C=O) groups is 2. The molecule has 0 spiro atoms. The maximum absolute atomic E-state index is 12.7. The van der Waals surface area contributed by atoms with Crippen LogP contribution in [0.15, 0.2) is 12.1 Å². The second-order valence-electron chi connectivity index (χ2n) is 10.7. The molecule has 0 heterocycles. The molecule has 0 aliphatic heterocycles. The van der Waals surface area contributed by atoms with Crippen molar-refractivity contribution in [3.63, 3.8) is 0 Å². The lowest BCUT2D eigenvalue weighted by Crippen LogP contribution is -2.56. The number of esters is 1. The Morgan fingerprint density at radius 1 is 1.15 bits per heavy atom. The zero-order valence-electron chi connectivity index (χ0n) is 20.3. The molecule has 1 aromatic carbocycles. The number of fused-ring (bicyclic) bond motifs is 2. The predicted octanol–water partition coefficient (Wildman–Crippen LogP) is 4.41. The Morgan fingerprint density at radius 2 is 1.74 bits per heavy atom. The van der Waals surface area contributed by atoms with Crippen molar-refractivity contribution >= 4 is 11.8 Å². The molecule has 188 valence electrons. The summed E-state index contributed by atoms with van der Waals surface area (Å²) in [5, 5.41) is 31.0. The van der Waals surface area contributed by atoms with E-state index in [2.05, 4.69) is 18.7 Å². The zero-order valence-corrected chi connectivity index (χ0v) is 20.3. The first-order valence-electron chi connectivity index (χ1n) is 11.9. The maximum atomic E-state index is 12.7. The van der Waals surface area contributed by atoms with Gasteiger partial charge in [0.2, 0.25) is 0 Å². The number of Topliss-reactive ketones (excluding diaryl/α,β-unsaturated/α-hetero) is 1.